The van der Waals surface area contributed by atoms with Crippen molar-refractivity contribution in [3.05, 3.63) is 23.8 Å². The molecule has 1 aliphatic rings. The highest BCUT2D eigenvalue weighted by Gasteiger charge is 2.11. The summed E-state index contributed by atoms with van der Waals surface area (Å²) < 4.78 is 5.00. The maximum absolute atomic E-state index is 9.69. The standard InChI is InChI=1S/C14H21N3O2.HI/c1-19-13-6-5-11(9-12(13)18)10-16-14(15)17-7-3-2-4-8-17;/h5-6,9,18H,2-4,7-8,10H2,1H3,(H2,15,16);1H. The monoisotopic (exact) mass is 391 g/mol. The SMILES string of the molecule is COc1ccc(CN=C(N)N2CCCCC2)cc1O.I. The summed E-state index contributed by atoms with van der Waals surface area (Å²) in [6.07, 6.45) is 3.63. The maximum atomic E-state index is 9.69. The molecule has 5 nitrogen and oxygen atoms in total. The Morgan fingerprint density at radius 1 is 1.35 bits per heavy atom. The summed E-state index contributed by atoms with van der Waals surface area (Å²) in [5.41, 5.74) is 6.89. The highest BCUT2D eigenvalue weighted by atomic mass is 127. The average Bonchev–Trinajstić information content (AvgIpc) is 2.46. The van der Waals surface area contributed by atoms with E-state index >= 15 is 0 Å². The van der Waals surface area contributed by atoms with Gasteiger partial charge in [-0.25, -0.2) is 4.99 Å². The molecule has 6 heteroatoms. The van der Waals surface area contributed by atoms with Gasteiger partial charge in [0.25, 0.3) is 0 Å². The molecule has 0 unspecified atom stereocenters. The normalized spacial score (nSPS) is 15.7. The number of benzene rings is 1. The van der Waals surface area contributed by atoms with Crippen LogP contribution in [0.4, 0.5) is 0 Å². The van der Waals surface area contributed by atoms with Crippen molar-refractivity contribution < 1.29 is 9.84 Å². The molecule has 0 aliphatic carbocycles. The first-order chi connectivity index (χ1) is 9.20. The van der Waals surface area contributed by atoms with Crippen LogP contribution in [0.5, 0.6) is 11.5 Å². The molecule has 1 aliphatic heterocycles. The van der Waals surface area contributed by atoms with Gasteiger partial charge in [-0.2, -0.15) is 0 Å². The van der Waals surface area contributed by atoms with E-state index in [2.05, 4.69) is 9.89 Å². The van der Waals surface area contributed by atoms with Crippen LogP contribution in [0.15, 0.2) is 23.2 Å². The maximum Gasteiger partial charge on any atom is 0.191 e. The number of halogens is 1. The molecule has 20 heavy (non-hydrogen) atoms. The van der Waals surface area contributed by atoms with Crippen LogP contribution in [0.3, 0.4) is 0 Å². The second kappa shape index (κ2) is 8.18. The van der Waals surface area contributed by atoms with Crippen LogP contribution in [-0.4, -0.2) is 36.2 Å². The molecule has 0 aromatic heterocycles. The van der Waals surface area contributed by atoms with Crippen molar-refractivity contribution in [1.29, 1.82) is 0 Å². The van der Waals surface area contributed by atoms with Crippen molar-refractivity contribution in [1.82, 2.24) is 4.90 Å². The number of nitrogens with two attached hydrogens (primary N) is 1. The van der Waals surface area contributed by atoms with Gasteiger partial charge < -0.3 is 20.5 Å². The second-order valence-corrected chi connectivity index (χ2v) is 4.73. The molecule has 0 radical (unpaired) electrons. The van der Waals surface area contributed by atoms with E-state index in [1.54, 1.807) is 12.1 Å². The van der Waals surface area contributed by atoms with Crippen LogP contribution in [0.1, 0.15) is 24.8 Å². The number of aliphatic imine (C=N–C) groups is 1. The molecule has 1 aromatic rings. The van der Waals surface area contributed by atoms with E-state index in [1.165, 1.54) is 26.4 Å². The lowest BCUT2D eigenvalue weighted by Crippen LogP contribution is -2.40. The third kappa shape index (κ3) is 4.43. The first-order valence-corrected chi connectivity index (χ1v) is 6.61. The van der Waals surface area contributed by atoms with Gasteiger partial charge in [-0.15, -0.1) is 24.0 Å². The summed E-state index contributed by atoms with van der Waals surface area (Å²) in [6, 6.07) is 5.27. The molecular weight excluding hydrogens is 369 g/mol. The lowest BCUT2D eigenvalue weighted by Gasteiger charge is -2.27. The number of piperidine rings is 1. The number of phenols is 1. The van der Waals surface area contributed by atoms with E-state index < -0.39 is 0 Å². The minimum atomic E-state index is 0. The predicted octanol–water partition coefficient (Wildman–Crippen LogP) is 2.32. The zero-order valence-corrected chi connectivity index (χ0v) is 14.0. The average molecular weight is 391 g/mol. The minimum Gasteiger partial charge on any atom is -0.504 e. The van der Waals surface area contributed by atoms with E-state index in [9.17, 15) is 5.11 Å². The first-order valence-electron chi connectivity index (χ1n) is 6.61. The third-order valence-corrected chi connectivity index (χ3v) is 3.35. The van der Waals surface area contributed by atoms with Gasteiger partial charge in [0.05, 0.1) is 13.7 Å². The van der Waals surface area contributed by atoms with Crippen molar-refractivity contribution in [3.8, 4) is 11.5 Å². The smallest absolute Gasteiger partial charge is 0.191 e. The Kier molecular flexibility index (Phi) is 6.90. The topological polar surface area (TPSA) is 71.1 Å². The molecule has 0 spiro atoms. The Labute approximate surface area is 136 Å². The molecule has 112 valence electrons. The van der Waals surface area contributed by atoms with Crippen LogP contribution in [0.2, 0.25) is 0 Å². The second-order valence-electron chi connectivity index (χ2n) is 4.73. The largest absolute Gasteiger partial charge is 0.504 e. The molecule has 0 saturated carbocycles. The Morgan fingerprint density at radius 3 is 2.65 bits per heavy atom. The van der Waals surface area contributed by atoms with E-state index in [1.807, 2.05) is 6.07 Å². The van der Waals surface area contributed by atoms with Crippen LogP contribution >= 0.6 is 24.0 Å². The Hall–Kier alpha value is -1.18. The van der Waals surface area contributed by atoms with Gasteiger partial charge in [0, 0.05) is 13.1 Å². The molecule has 1 fully saturated rings. The number of likely N-dealkylation sites (tertiary alicyclic amines) is 1. The predicted molar refractivity (Wildman–Crippen MR) is 90.8 cm³/mol. The summed E-state index contributed by atoms with van der Waals surface area (Å²) in [5, 5.41) is 9.69. The number of methoxy groups -OCH3 is 1. The Bertz CT molecular complexity index is 460. The fourth-order valence-electron chi connectivity index (χ4n) is 2.23. The summed E-state index contributed by atoms with van der Waals surface area (Å²) in [4.78, 5) is 6.50. The van der Waals surface area contributed by atoms with E-state index in [-0.39, 0.29) is 29.7 Å². The molecule has 1 aromatic carbocycles. The molecule has 0 atom stereocenters. The highest BCUT2D eigenvalue weighted by Crippen LogP contribution is 2.26. The van der Waals surface area contributed by atoms with Gasteiger partial charge in [-0.3, -0.25) is 0 Å². The molecule has 2 rings (SSSR count). The molecular formula is C14H22IN3O2. The van der Waals surface area contributed by atoms with E-state index in [0.717, 1.165) is 18.7 Å². The van der Waals surface area contributed by atoms with Crippen LogP contribution in [0.25, 0.3) is 0 Å². The number of phenolic OH excluding ortho intramolecular Hbond substituents is 1. The zero-order chi connectivity index (χ0) is 13.7. The van der Waals surface area contributed by atoms with Gasteiger partial charge in [-0.05, 0) is 37.0 Å². The number of hydrogen-bond donors (Lipinski definition) is 2. The fraction of sp³-hybridized carbons (Fsp3) is 0.500. The first kappa shape index (κ1) is 16.9. The van der Waals surface area contributed by atoms with E-state index in [4.69, 9.17) is 10.5 Å². The van der Waals surface area contributed by atoms with E-state index in [0.29, 0.717) is 18.3 Å². The van der Waals surface area contributed by atoms with Gasteiger partial charge in [0.1, 0.15) is 0 Å². The number of rotatable bonds is 3. The van der Waals surface area contributed by atoms with Gasteiger partial charge >= 0.3 is 0 Å². The number of aromatic hydroxyl groups is 1. The lowest BCUT2D eigenvalue weighted by atomic mass is 10.1. The van der Waals surface area contributed by atoms with Crippen molar-refractivity contribution in [3.63, 3.8) is 0 Å². The van der Waals surface area contributed by atoms with Crippen LogP contribution < -0.4 is 10.5 Å². The minimum absolute atomic E-state index is 0. The van der Waals surface area contributed by atoms with Gasteiger partial charge in [0.2, 0.25) is 0 Å². The number of guanidine groups is 1. The Balaban J connectivity index is 0.00000200. The van der Waals surface area contributed by atoms with Crippen molar-refractivity contribution in [2.24, 2.45) is 10.7 Å². The molecule has 0 amide bonds. The Morgan fingerprint density at radius 2 is 2.05 bits per heavy atom. The van der Waals surface area contributed by atoms with Crippen LogP contribution in [-0.2, 0) is 6.54 Å². The summed E-state index contributed by atoms with van der Waals surface area (Å²) in [5.74, 6) is 1.19. The molecule has 1 heterocycles. The summed E-state index contributed by atoms with van der Waals surface area (Å²) >= 11 is 0. The quantitative estimate of drug-likeness (QED) is 0.472. The molecule has 0 bridgehead atoms. The van der Waals surface area contributed by atoms with Crippen molar-refractivity contribution in [2.75, 3.05) is 20.2 Å². The van der Waals surface area contributed by atoms with Crippen molar-refractivity contribution >= 4 is 29.9 Å². The van der Waals surface area contributed by atoms with Gasteiger partial charge in [-0.1, -0.05) is 6.07 Å². The number of ether oxygens (including phenoxy) is 1. The summed E-state index contributed by atoms with van der Waals surface area (Å²) in [7, 11) is 1.53. The van der Waals surface area contributed by atoms with Crippen LogP contribution in [0, 0.1) is 0 Å². The third-order valence-electron chi connectivity index (χ3n) is 3.35. The number of nitrogens with zero attached hydrogens (tertiary/aromatic N) is 2. The van der Waals surface area contributed by atoms with Crippen molar-refractivity contribution in [2.45, 2.75) is 25.8 Å². The highest BCUT2D eigenvalue weighted by molar-refractivity contribution is 14.0. The van der Waals surface area contributed by atoms with Gasteiger partial charge in [0.15, 0.2) is 17.5 Å². The molecule has 1 saturated heterocycles. The lowest BCUT2D eigenvalue weighted by molar-refractivity contribution is 0.338. The number of hydrogen-bond acceptors (Lipinski definition) is 3. The zero-order valence-electron chi connectivity index (χ0n) is 11.7. The fourth-order valence-corrected chi connectivity index (χ4v) is 2.23. The molecule has 3 N–H and O–H groups in total. The summed E-state index contributed by atoms with van der Waals surface area (Å²) in [6.45, 7) is 2.45.